The largest absolute Gasteiger partial charge is 0.348 e. The third kappa shape index (κ3) is 2.86. The molecule has 1 aromatic rings. The quantitative estimate of drug-likeness (QED) is 0.847. The van der Waals surface area contributed by atoms with Crippen molar-refractivity contribution >= 4 is 25.6 Å². The van der Waals surface area contributed by atoms with Crippen LogP contribution >= 0.6 is 10.7 Å². The Morgan fingerprint density at radius 2 is 2.05 bits per heavy atom. The number of carbonyl (C=O) groups is 1. The van der Waals surface area contributed by atoms with Crippen LogP contribution in [-0.4, -0.2) is 24.9 Å². The molecule has 1 unspecified atom stereocenters. The molecule has 1 heterocycles. The Hall–Kier alpha value is -1.01. The third-order valence-corrected chi connectivity index (χ3v) is 5.29. The van der Waals surface area contributed by atoms with Crippen LogP contribution in [0.5, 0.6) is 0 Å². The van der Waals surface area contributed by atoms with Crippen molar-refractivity contribution < 1.29 is 13.2 Å². The molecule has 7 heteroatoms. The molecule has 1 atom stereocenters. The predicted molar refractivity (Wildman–Crippen MR) is 75.4 cm³/mol. The molecule has 2 fully saturated rings. The SMILES string of the molecule is CC(NC(=O)c1cc(S(=O)(=O)Cl)cn1C1CC1)C1CC1. The molecule has 1 aromatic heterocycles. The second kappa shape index (κ2) is 4.77. The van der Waals surface area contributed by atoms with Gasteiger partial charge in [-0.05, 0) is 44.6 Å². The van der Waals surface area contributed by atoms with Crippen LogP contribution in [0, 0.1) is 5.92 Å². The van der Waals surface area contributed by atoms with Crippen molar-refractivity contribution in [2.24, 2.45) is 5.92 Å². The van der Waals surface area contributed by atoms with E-state index < -0.39 is 9.05 Å². The molecule has 0 radical (unpaired) electrons. The molecule has 0 bridgehead atoms. The minimum atomic E-state index is -3.80. The minimum absolute atomic E-state index is 0.00436. The average molecular weight is 317 g/mol. The van der Waals surface area contributed by atoms with Gasteiger partial charge in [0, 0.05) is 29.0 Å². The van der Waals surface area contributed by atoms with Gasteiger partial charge in [-0.25, -0.2) is 8.42 Å². The lowest BCUT2D eigenvalue weighted by molar-refractivity contribution is 0.0926. The van der Waals surface area contributed by atoms with Crippen molar-refractivity contribution in [1.82, 2.24) is 9.88 Å². The number of hydrogen-bond acceptors (Lipinski definition) is 3. The van der Waals surface area contributed by atoms with E-state index in [1.165, 1.54) is 12.3 Å². The Bertz CT molecular complexity index is 645. The van der Waals surface area contributed by atoms with Gasteiger partial charge in [-0.15, -0.1) is 0 Å². The lowest BCUT2D eigenvalue weighted by Crippen LogP contribution is -2.35. The Morgan fingerprint density at radius 1 is 1.40 bits per heavy atom. The second-order valence-electron chi connectivity index (χ2n) is 5.74. The molecule has 3 rings (SSSR count). The number of amides is 1. The maximum Gasteiger partial charge on any atom is 0.268 e. The Morgan fingerprint density at radius 3 is 2.55 bits per heavy atom. The molecule has 0 saturated heterocycles. The van der Waals surface area contributed by atoms with E-state index in [2.05, 4.69) is 5.32 Å². The Kier molecular flexibility index (Phi) is 3.33. The highest BCUT2D eigenvalue weighted by molar-refractivity contribution is 8.13. The molecule has 2 aliphatic rings. The monoisotopic (exact) mass is 316 g/mol. The van der Waals surface area contributed by atoms with Crippen LogP contribution in [0.1, 0.15) is 49.1 Å². The number of halogens is 1. The molecular weight excluding hydrogens is 300 g/mol. The van der Waals surface area contributed by atoms with Crippen molar-refractivity contribution in [2.45, 2.75) is 49.6 Å². The van der Waals surface area contributed by atoms with Crippen molar-refractivity contribution in [3.8, 4) is 0 Å². The molecule has 20 heavy (non-hydrogen) atoms. The van der Waals surface area contributed by atoms with Gasteiger partial charge in [0.1, 0.15) is 10.6 Å². The lowest BCUT2D eigenvalue weighted by atomic mass is 10.2. The zero-order valence-corrected chi connectivity index (χ0v) is 12.7. The van der Waals surface area contributed by atoms with E-state index >= 15 is 0 Å². The van der Waals surface area contributed by atoms with Crippen LogP contribution in [-0.2, 0) is 9.05 Å². The predicted octanol–water partition coefficient (Wildman–Crippen LogP) is 2.28. The van der Waals surface area contributed by atoms with E-state index in [0.29, 0.717) is 11.6 Å². The van der Waals surface area contributed by atoms with Gasteiger partial charge in [-0.3, -0.25) is 4.79 Å². The fraction of sp³-hybridized carbons (Fsp3) is 0.615. The molecular formula is C13H17ClN2O3S. The van der Waals surface area contributed by atoms with E-state index in [-0.39, 0.29) is 22.9 Å². The van der Waals surface area contributed by atoms with Crippen LogP contribution in [0.25, 0.3) is 0 Å². The normalized spacial score (nSPS) is 20.7. The summed E-state index contributed by atoms with van der Waals surface area (Å²) in [5.41, 5.74) is 0.388. The second-order valence-corrected chi connectivity index (χ2v) is 8.30. The summed E-state index contributed by atoms with van der Waals surface area (Å²) in [4.78, 5) is 12.3. The first-order chi connectivity index (χ1) is 9.36. The van der Waals surface area contributed by atoms with E-state index in [1.807, 2.05) is 6.92 Å². The maximum absolute atomic E-state index is 12.3. The zero-order valence-electron chi connectivity index (χ0n) is 11.2. The van der Waals surface area contributed by atoms with Gasteiger partial charge in [-0.2, -0.15) is 0 Å². The first-order valence-corrected chi connectivity index (χ1v) is 9.14. The van der Waals surface area contributed by atoms with E-state index in [9.17, 15) is 13.2 Å². The molecule has 2 aliphatic carbocycles. The fourth-order valence-electron chi connectivity index (χ4n) is 2.42. The smallest absolute Gasteiger partial charge is 0.268 e. The number of hydrogen-bond donors (Lipinski definition) is 1. The first-order valence-electron chi connectivity index (χ1n) is 6.83. The highest BCUT2D eigenvalue weighted by Crippen LogP contribution is 2.38. The van der Waals surface area contributed by atoms with Gasteiger partial charge >= 0.3 is 0 Å². The third-order valence-electron chi connectivity index (χ3n) is 3.97. The minimum Gasteiger partial charge on any atom is -0.348 e. The zero-order chi connectivity index (χ0) is 14.5. The van der Waals surface area contributed by atoms with Gasteiger partial charge in [0.2, 0.25) is 0 Å². The van der Waals surface area contributed by atoms with Gasteiger partial charge < -0.3 is 9.88 Å². The Balaban J connectivity index is 1.86. The molecule has 110 valence electrons. The summed E-state index contributed by atoms with van der Waals surface area (Å²) >= 11 is 0. The van der Waals surface area contributed by atoms with Crippen LogP contribution in [0.3, 0.4) is 0 Å². The van der Waals surface area contributed by atoms with Crippen LogP contribution in [0.15, 0.2) is 17.2 Å². The van der Waals surface area contributed by atoms with Gasteiger partial charge in [-0.1, -0.05) is 0 Å². The number of rotatable bonds is 5. The van der Waals surface area contributed by atoms with Crippen molar-refractivity contribution in [3.05, 3.63) is 18.0 Å². The van der Waals surface area contributed by atoms with E-state index in [0.717, 1.165) is 25.7 Å². The first kappa shape index (κ1) is 13.9. The van der Waals surface area contributed by atoms with Crippen LogP contribution in [0.4, 0.5) is 0 Å². The highest BCUT2D eigenvalue weighted by atomic mass is 35.7. The number of nitrogens with zero attached hydrogens (tertiary/aromatic N) is 1. The van der Waals surface area contributed by atoms with Crippen molar-refractivity contribution in [2.75, 3.05) is 0 Å². The summed E-state index contributed by atoms with van der Waals surface area (Å²) < 4.78 is 24.6. The molecule has 1 amide bonds. The summed E-state index contributed by atoms with van der Waals surface area (Å²) in [5.74, 6) is 0.336. The summed E-state index contributed by atoms with van der Waals surface area (Å²) in [6.07, 6.45) is 5.69. The van der Waals surface area contributed by atoms with E-state index in [4.69, 9.17) is 10.7 Å². The molecule has 0 aromatic carbocycles. The molecule has 0 aliphatic heterocycles. The maximum atomic E-state index is 12.3. The molecule has 2 saturated carbocycles. The highest BCUT2D eigenvalue weighted by Gasteiger charge is 2.33. The topological polar surface area (TPSA) is 68.2 Å². The van der Waals surface area contributed by atoms with E-state index in [1.54, 1.807) is 4.57 Å². The average Bonchev–Trinajstić information content (AvgIpc) is 3.24. The summed E-state index contributed by atoms with van der Waals surface area (Å²) in [6.45, 7) is 1.99. The number of aromatic nitrogens is 1. The summed E-state index contributed by atoms with van der Waals surface area (Å²) in [7, 11) is 1.56. The van der Waals surface area contributed by atoms with Gasteiger partial charge in [0.15, 0.2) is 0 Å². The van der Waals surface area contributed by atoms with Crippen LogP contribution in [0.2, 0.25) is 0 Å². The van der Waals surface area contributed by atoms with Crippen LogP contribution < -0.4 is 5.32 Å². The van der Waals surface area contributed by atoms with Crippen molar-refractivity contribution in [1.29, 1.82) is 0 Å². The standard InChI is InChI=1S/C13H17ClN2O3S/c1-8(9-2-3-9)15-13(17)12-6-11(20(14,18)19)7-16(12)10-4-5-10/h6-10H,2-5H2,1H3,(H,15,17). The Labute approximate surface area is 122 Å². The molecule has 5 nitrogen and oxygen atoms in total. The van der Waals surface area contributed by atoms with Gasteiger partial charge in [0.05, 0.1) is 0 Å². The summed E-state index contributed by atoms with van der Waals surface area (Å²) in [5, 5.41) is 2.95. The fourth-order valence-corrected chi connectivity index (χ4v) is 3.16. The summed E-state index contributed by atoms with van der Waals surface area (Å²) in [6, 6.07) is 1.72. The number of carbonyl (C=O) groups excluding carboxylic acids is 1. The van der Waals surface area contributed by atoms with Gasteiger partial charge in [0.25, 0.3) is 15.0 Å². The number of nitrogens with one attached hydrogen (secondary N) is 1. The molecule has 1 N–H and O–H groups in total. The lowest BCUT2D eigenvalue weighted by Gasteiger charge is -2.14. The molecule has 0 spiro atoms. The van der Waals surface area contributed by atoms with Crippen molar-refractivity contribution in [3.63, 3.8) is 0 Å².